The standard InChI is InChI=1S/C19H16/c1-13-7-6-12-18-16-9-3-2-8-14(16)15-10-4-5-11-17(15)19(13)18/h3-7,9-12H,2,8H2,1H3. The van der Waals surface area contributed by atoms with Crippen LogP contribution in [0.25, 0.3) is 27.6 Å². The number of hydrogen-bond acceptors (Lipinski definition) is 0. The fraction of sp³-hybridized carbons (Fsp3) is 0.158. The van der Waals surface area contributed by atoms with Crippen molar-refractivity contribution in [3.8, 4) is 0 Å². The zero-order chi connectivity index (χ0) is 12.8. The van der Waals surface area contributed by atoms with Crippen molar-refractivity contribution in [1.29, 1.82) is 0 Å². The molecule has 1 aliphatic rings. The molecule has 0 aliphatic heterocycles. The molecule has 0 nitrogen and oxygen atoms in total. The van der Waals surface area contributed by atoms with E-state index >= 15 is 0 Å². The summed E-state index contributed by atoms with van der Waals surface area (Å²) in [5.41, 5.74) is 4.33. The molecule has 0 bridgehead atoms. The Kier molecular flexibility index (Phi) is 2.25. The van der Waals surface area contributed by atoms with Gasteiger partial charge in [-0.1, -0.05) is 54.6 Å². The maximum absolute atomic E-state index is 2.31. The number of rotatable bonds is 0. The van der Waals surface area contributed by atoms with E-state index in [-0.39, 0.29) is 0 Å². The largest absolute Gasteiger partial charge is 0.0836 e. The van der Waals surface area contributed by atoms with E-state index in [2.05, 4.69) is 61.5 Å². The Morgan fingerprint density at radius 3 is 2.53 bits per heavy atom. The average Bonchev–Trinajstić information content (AvgIpc) is 2.47. The van der Waals surface area contributed by atoms with Crippen LogP contribution in [0.2, 0.25) is 0 Å². The summed E-state index contributed by atoms with van der Waals surface area (Å²) in [5.74, 6) is 0. The average molecular weight is 244 g/mol. The van der Waals surface area contributed by atoms with Crippen molar-refractivity contribution in [2.75, 3.05) is 0 Å². The van der Waals surface area contributed by atoms with Gasteiger partial charge in [-0.3, -0.25) is 0 Å². The third-order valence-electron chi connectivity index (χ3n) is 4.26. The SMILES string of the molecule is Cc1cccc2c3c(c4ccccc4c12)CCC=C3. The van der Waals surface area contributed by atoms with Crippen molar-refractivity contribution in [2.45, 2.75) is 19.8 Å². The topological polar surface area (TPSA) is 0 Å². The van der Waals surface area contributed by atoms with Gasteiger partial charge in [0.2, 0.25) is 0 Å². The van der Waals surface area contributed by atoms with Crippen LogP contribution in [0.4, 0.5) is 0 Å². The minimum atomic E-state index is 1.16. The molecular weight excluding hydrogens is 228 g/mol. The molecule has 1 aliphatic carbocycles. The van der Waals surface area contributed by atoms with Gasteiger partial charge >= 0.3 is 0 Å². The van der Waals surface area contributed by atoms with Crippen molar-refractivity contribution in [3.05, 3.63) is 65.2 Å². The quantitative estimate of drug-likeness (QED) is 0.473. The number of hydrogen-bond donors (Lipinski definition) is 0. The molecule has 0 N–H and O–H groups in total. The van der Waals surface area contributed by atoms with Gasteiger partial charge in [0.05, 0.1) is 0 Å². The predicted octanol–water partition coefficient (Wildman–Crippen LogP) is 5.26. The van der Waals surface area contributed by atoms with Crippen LogP contribution in [-0.4, -0.2) is 0 Å². The molecule has 0 amide bonds. The van der Waals surface area contributed by atoms with Crippen LogP contribution in [0.3, 0.4) is 0 Å². The van der Waals surface area contributed by atoms with Gasteiger partial charge in [0.25, 0.3) is 0 Å². The molecule has 3 aromatic carbocycles. The Labute approximate surface area is 113 Å². The van der Waals surface area contributed by atoms with Gasteiger partial charge < -0.3 is 0 Å². The van der Waals surface area contributed by atoms with Crippen molar-refractivity contribution in [3.63, 3.8) is 0 Å². The molecule has 0 fully saturated rings. The zero-order valence-electron chi connectivity index (χ0n) is 11.1. The lowest BCUT2D eigenvalue weighted by molar-refractivity contribution is 1.00. The highest BCUT2D eigenvalue weighted by atomic mass is 14.2. The van der Waals surface area contributed by atoms with Crippen molar-refractivity contribution in [2.24, 2.45) is 0 Å². The van der Waals surface area contributed by atoms with Gasteiger partial charge in [0.1, 0.15) is 0 Å². The van der Waals surface area contributed by atoms with Gasteiger partial charge in [-0.05, 0) is 58.0 Å². The summed E-state index contributed by atoms with van der Waals surface area (Å²) in [4.78, 5) is 0. The van der Waals surface area contributed by atoms with Crippen LogP contribution in [0.15, 0.2) is 48.5 Å². The summed E-state index contributed by atoms with van der Waals surface area (Å²) >= 11 is 0. The van der Waals surface area contributed by atoms with E-state index in [1.165, 1.54) is 38.2 Å². The molecule has 92 valence electrons. The van der Waals surface area contributed by atoms with E-state index < -0.39 is 0 Å². The summed E-state index contributed by atoms with van der Waals surface area (Å²) in [6.07, 6.45) is 6.94. The first-order valence-corrected chi connectivity index (χ1v) is 6.96. The lowest BCUT2D eigenvalue weighted by Crippen LogP contribution is -1.98. The van der Waals surface area contributed by atoms with E-state index in [1.54, 1.807) is 0 Å². The first-order valence-electron chi connectivity index (χ1n) is 6.96. The lowest BCUT2D eigenvalue weighted by atomic mass is 9.85. The van der Waals surface area contributed by atoms with E-state index in [4.69, 9.17) is 0 Å². The first-order chi connectivity index (χ1) is 9.36. The molecular formula is C19H16. The van der Waals surface area contributed by atoms with Crippen LogP contribution in [0.1, 0.15) is 23.1 Å². The second kappa shape index (κ2) is 3.96. The second-order valence-corrected chi connectivity index (χ2v) is 5.38. The van der Waals surface area contributed by atoms with Crippen molar-refractivity contribution >= 4 is 27.6 Å². The van der Waals surface area contributed by atoms with E-state index in [0.29, 0.717) is 0 Å². The molecule has 0 unspecified atom stereocenters. The first kappa shape index (κ1) is 10.8. The van der Waals surface area contributed by atoms with Crippen LogP contribution >= 0.6 is 0 Å². The van der Waals surface area contributed by atoms with Gasteiger partial charge in [-0.25, -0.2) is 0 Å². The fourth-order valence-corrected chi connectivity index (χ4v) is 3.41. The number of allylic oxidation sites excluding steroid dienone is 1. The highest BCUT2D eigenvalue weighted by Crippen LogP contribution is 2.37. The molecule has 0 saturated carbocycles. The minimum absolute atomic E-state index is 1.16. The van der Waals surface area contributed by atoms with Gasteiger partial charge in [0.15, 0.2) is 0 Å². The molecule has 0 aromatic heterocycles. The molecule has 0 saturated heterocycles. The van der Waals surface area contributed by atoms with Gasteiger partial charge in [-0.15, -0.1) is 0 Å². The Hall–Kier alpha value is -2.08. The van der Waals surface area contributed by atoms with E-state index in [0.717, 1.165) is 12.8 Å². The Balaban J connectivity index is 2.35. The monoisotopic (exact) mass is 244 g/mol. The van der Waals surface area contributed by atoms with Gasteiger partial charge in [-0.2, -0.15) is 0 Å². The van der Waals surface area contributed by atoms with Gasteiger partial charge in [0, 0.05) is 0 Å². The molecule has 0 heteroatoms. The van der Waals surface area contributed by atoms with Crippen molar-refractivity contribution < 1.29 is 0 Å². The van der Waals surface area contributed by atoms with Crippen LogP contribution < -0.4 is 0 Å². The van der Waals surface area contributed by atoms with Crippen LogP contribution in [-0.2, 0) is 6.42 Å². The predicted molar refractivity (Wildman–Crippen MR) is 83.5 cm³/mol. The molecule has 4 rings (SSSR count). The van der Waals surface area contributed by atoms with Crippen LogP contribution in [0, 0.1) is 6.92 Å². The molecule has 19 heavy (non-hydrogen) atoms. The molecule has 0 spiro atoms. The summed E-state index contributed by atoms with van der Waals surface area (Å²) in [6, 6.07) is 15.5. The Bertz CT molecular complexity index is 822. The molecule has 0 radical (unpaired) electrons. The third-order valence-corrected chi connectivity index (χ3v) is 4.26. The fourth-order valence-electron chi connectivity index (χ4n) is 3.41. The molecule has 0 heterocycles. The smallest absolute Gasteiger partial charge is 0.00699 e. The highest BCUT2D eigenvalue weighted by Gasteiger charge is 2.14. The number of aryl methyl sites for hydroxylation is 2. The van der Waals surface area contributed by atoms with E-state index in [9.17, 15) is 0 Å². The lowest BCUT2D eigenvalue weighted by Gasteiger charge is -2.18. The summed E-state index contributed by atoms with van der Waals surface area (Å²) < 4.78 is 0. The normalized spacial score (nSPS) is 13.9. The zero-order valence-corrected chi connectivity index (χ0v) is 11.1. The Morgan fingerprint density at radius 1 is 0.842 bits per heavy atom. The van der Waals surface area contributed by atoms with Crippen molar-refractivity contribution in [1.82, 2.24) is 0 Å². The number of fused-ring (bicyclic) bond motifs is 6. The summed E-state index contributed by atoms with van der Waals surface area (Å²) in [5, 5.41) is 5.67. The molecule has 0 atom stereocenters. The second-order valence-electron chi connectivity index (χ2n) is 5.38. The maximum atomic E-state index is 2.31. The molecule has 3 aromatic rings. The van der Waals surface area contributed by atoms with Crippen LogP contribution in [0.5, 0.6) is 0 Å². The minimum Gasteiger partial charge on any atom is -0.0836 e. The third kappa shape index (κ3) is 1.46. The highest BCUT2D eigenvalue weighted by molar-refractivity contribution is 6.14. The summed E-state index contributed by atoms with van der Waals surface area (Å²) in [7, 11) is 0. The summed E-state index contributed by atoms with van der Waals surface area (Å²) in [6.45, 7) is 2.22. The van der Waals surface area contributed by atoms with E-state index in [1.807, 2.05) is 0 Å². The Morgan fingerprint density at radius 2 is 1.63 bits per heavy atom. The number of benzene rings is 3. The maximum Gasteiger partial charge on any atom is -0.00699 e.